The maximum Gasteiger partial charge on any atom is 0.416 e. The number of fused-ring (bicyclic) bond motifs is 1. The van der Waals surface area contributed by atoms with Gasteiger partial charge in [-0.15, -0.1) is 5.10 Å². The second-order valence-corrected chi connectivity index (χ2v) is 9.25. The third-order valence-corrected chi connectivity index (χ3v) is 6.60. The van der Waals surface area contributed by atoms with E-state index in [1.807, 2.05) is 28.9 Å². The lowest BCUT2D eigenvalue weighted by molar-refractivity contribution is -0.137. The number of amides is 1. The average molecular weight is 518 g/mol. The molecule has 192 valence electrons. The highest BCUT2D eigenvalue weighted by Gasteiger charge is 2.30. The maximum absolute atomic E-state index is 13.1. The average Bonchev–Trinajstić information content (AvgIpc) is 3.54. The monoisotopic (exact) mass is 518 g/mol. The van der Waals surface area contributed by atoms with Gasteiger partial charge in [-0.2, -0.15) is 18.3 Å². The lowest BCUT2D eigenvalue weighted by Gasteiger charge is -2.09. The Morgan fingerprint density at radius 3 is 2.34 bits per heavy atom. The summed E-state index contributed by atoms with van der Waals surface area (Å²) in [7, 11) is 0. The van der Waals surface area contributed by atoms with Gasteiger partial charge in [-0.1, -0.05) is 35.5 Å². The molecule has 0 aliphatic heterocycles. The van der Waals surface area contributed by atoms with Crippen LogP contribution in [0.4, 0.5) is 13.2 Å². The molecule has 1 saturated carbocycles. The molecule has 0 atom stereocenters. The minimum atomic E-state index is -4.42. The van der Waals surface area contributed by atoms with E-state index in [9.17, 15) is 18.0 Å². The SMILES string of the molecule is O=C(NO)c1ccc(Cn2nc(-c3ccc(C(F)(F)F)cc3)cc2-c2ccc3c(c2)nnn3C2CC2)cc1. The summed E-state index contributed by atoms with van der Waals surface area (Å²) in [5, 5.41) is 22.2. The van der Waals surface area contributed by atoms with E-state index in [-0.39, 0.29) is 0 Å². The van der Waals surface area contributed by atoms with Gasteiger partial charge >= 0.3 is 6.18 Å². The molecule has 0 bridgehead atoms. The van der Waals surface area contributed by atoms with Gasteiger partial charge in [0.2, 0.25) is 0 Å². The summed E-state index contributed by atoms with van der Waals surface area (Å²) in [5.74, 6) is -0.617. The van der Waals surface area contributed by atoms with E-state index in [0.29, 0.717) is 29.4 Å². The molecule has 2 heterocycles. The maximum atomic E-state index is 13.1. The summed E-state index contributed by atoms with van der Waals surface area (Å²) < 4.78 is 42.9. The molecule has 0 spiro atoms. The second-order valence-electron chi connectivity index (χ2n) is 9.25. The summed E-state index contributed by atoms with van der Waals surface area (Å²) in [6, 6.07) is 19.7. The smallest absolute Gasteiger partial charge is 0.288 e. The Kier molecular flexibility index (Phi) is 5.72. The van der Waals surface area contributed by atoms with Crippen LogP contribution < -0.4 is 5.48 Å². The van der Waals surface area contributed by atoms with Crippen LogP contribution in [0.1, 0.15) is 40.4 Å². The van der Waals surface area contributed by atoms with Crippen molar-refractivity contribution in [1.29, 1.82) is 0 Å². The first-order chi connectivity index (χ1) is 18.3. The molecule has 0 radical (unpaired) electrons. The summed E-state index contributed by atoms with van der Waals surface area (Å²) in [5.41, 5.74) is 6.36. The van der Waals surface area contributed by atoms with Crippen molar-refractivity contribution in [2.75, 3.05) is 0 Å². The Balaban J connectivity index is 1.39. The predicted octanol–water partition coefficient (Wildman–Crippen LogP) is 5.48. The molecule has 3 aromatic carbocycles. The van der Waals surface area contributed by atoms with Crippen LogP contribution in [-0.2, 0) is 12.7 Å². The second kappa shape index (κ2) is 9.10. The molecule has 1 aliphatic rings. The van der Waals surface area contributed by atoms with Crippen molar-refractivity contribution in [2.45, 2.75) is 31.6 Å². The van der Waals surface area contributed by atoms with E-state index >= 15 is 0 Å². The minimum Gasteiger partial charge on any atom is -0.288 e. The van der Waals surface area contributed by atoms with E-state index in [4.69, 9.17) is 10.3 Å². The zero-order valence-corrected chi connectivity index (χ0v) is 19.9. The van der Waals surface area contributed by atoms with E-state index < -0.39 is 17.6 Å². The van der Waals surface area contributed by atoms with Crippen LogP contribution in [0.2, 0.25) is 0 Å². The topological polar surface area (TPSA) is 97.9 Å². The zero-order valence-electron chi connectivity index (χ0n) is 19.9. The molecule has 5 aromatic rings. The highest BCUT2D eigenvalue weighted by atomic mass is 19.4. The molecule has 8 nitrogen and oxygen atoms in total. The number of carbonyl (C=O) groups is 1. The number of halogens is 3. The van der Waals surface area contributed by atoms with Crippen molar-refractivity contribution in [1.82, 2.24) is 30.3 Å². The van der Waals surface area contributed by atoms with Crippen LogP contribution >= 0.6 is 0 Å². The van der Waals surface area contributed by atoms with Crippen molar-refractivity contribution < 1.29 is 23.2 Å². The number of benzene rings is 3. The molecule has 38 heavy (non-hydrogen) atoms. The highest BCUT2D eigenvalue weighted by molar-refractivity contribution is 5.93. The summed E-state index contributed by atoms with van der Waals surface area (Å²) in [4.78, 5) is 11.7. The van der Waals surface area contributed by atoms with Gasteiger partial charge in [-0.25, -0.2) is 10.2 Å². The van der Waals surface area contributed by atoms with Crippen LogP contribution in [0.15, 0.2) is 72.8 Å². The Bertz CT molecular complexity index is 1630. The number of hydrogen-bond acceptors (Lipinski definition) is 5. The zero-order chi connectivity index (χ0) is 26.4. The van der Waals surface area contributed by atoms with Crippen molar-refractivity contribution >= 4 is 16.9 Å². The quantitative estimate of drug-likeness (QED) is 0.229. The largest absolute Gasteiger partial charge is 0.416 e. The van der Waals surface area contributed by atoms with Crippen molar-refractivity contribution in [2.24, 2.45) is 0 Å². The number of carbonyl (C=O) groups excluding carboxylic acids is 1. The van der Waals surface area contributed by atoms with Crippen LogP contribution in [0.5, 0.6) is 0 Å². The minimum absolute atomic E-state index is 0.298. The van der Waals surface area contributed by atoms with Gasteiger partial charge in [0, 0.05) is 16.7 Å². The van der Waals surface area contributed by atoms with Gasteiger partial charge in [-0.3, -0.25) is 14.7 Å². The first-order valence-electron chi connectivity index (χ1n) is 11.9. The van der Waals surface area contributed by atoms with Gasteiger partial charge in [0.05, 0.1) is 35.1 Å². The number of hydroxylamine groups is 1. The molecule has 0 unspecified atom stereocenters. The van der Waals surface area contributed by atoms with Crippen molar-refractivity contribution in [3.8, 4) is 22.5 Å². The summed E-state index contributed by atoms with van der Waals surface area (Å²) in [6.45, 7) is 0.337. The van der Waals surface area contributed by atoms with Crippen LogP contribution in [0.3, 0.4) is 0 Å². The van der Waals surface area contributed by atoms with Gasteiger partial charge in [0.1, 0.15) is 5.52 Å². The van der Waals surface area contributed by atoms with E-state index in [2.05, 4.69) is 10.3 Å². The van der Waals surface area contributed by atoms with Gasteiger partial charge in [-0.05, 0) is 60.9 Å². The lowest BCUT2D eigenvalue weighted by Crippen LogP contribution is -2.18. The number of rotatable bonds is 6. The first kappa shape index (κ1) is 23.9. The Morgan fingerprint density at radius 1 is 0.974 bits per heavy atom. The number of nitrogens with zero attached hydrogens (tertiary/aromatic N) is 5. The fourth-order valence-electron chi connectivity index (χ4n) is 4.43. The lowest BCUT2D eigenvalue weighted by atomic mass is 10.1. The molecule has 0 saturated heterocycles. The summed E-state index contributed by atoms with van der Waals surface area (Å²) in [6.07, 6.45) is -2.25. The fraction of sp³-hybridized carbons (Fsp3) is 0.185. The normalized spacial score (nSPS) is 13.7. The van der Waals surface area contributed by atoms with E-state index in [1.54, 1.807) is 34.4 Å². The molecular weight excluding hydrogens is 497 g/mol. The standard InChI is InChI=1S/C27H21F3N6O2/c28-27(29,30)20-8-5-17(6-9-20)22-14-25(19-7-12-24-23(13-19)31-34-36(24)21-10-11-21)35(32-22)15-16-1-3-18(4-2-16)26(37)33-38/h1-9,12-14,21,38H,10-11,15H2,(H,33,37). The number of nitrogens with one attached hydrogen (secondary N) is 1. The van der Waals surface area contributed by atoms with Crippen molar-refractivity contribution in [3.05, 3.63) is 89.5 Å². The van der Waals surface area contributed by atoms with E-state index in [1.165, 1.54) is 12.1 Å². The highest BCUT2D eigenvalue weighted by Crippen LogP contribution is 2.37. The Hall–Kier alpha value is -4.51. The van der Waals surface area contributed by atoms with E-state index in [0.717, 1.165) is 52.8 Å². The summed E-state index contributed by atoms with van der Waals surface area (Å²) >= 11 is 0. The molecular formula is C27H21F3N6O2. The predicted molar refractivity (Wildman–Crippen MR) is 132 cm³/mol. The molecule has 1 aliphatic carbocycles. The van der Waals surface area contributed by atoms with Crippen molar-refractivity contribution in [3.63, 3.8) is 0 Å². The number of hydrogen-bond donors (Lipinski definition) is 2. The van der Waals surface area contributed by atoms with Gasteiger partial charge in [0.25, 0.3) is 5.91 Å². The molecule has 2 aromatic heterocycles. The Labute approximate surface area is 214 Å². The Morgan fingerprint density at radius 2 is 1.68 bits per heavy atom. The molecule has 2 N–H and O–H groups in total. The molecule has 1 fully saturated rings. The number of aromatic nitrogens is 5. The molecule has 6 rings (SSSR count). The van der Waals surface area contributed by atoms with Gasteiger partial charge in [0.15, 0.2) is 0 Å². The third kappa shape index (κ3) is 4.52. The number of alkyl halides is 3. The third-order valence-electron chi connectivity index (χ3n) is 6.60. The van der Waals surface area contributed by atoms with Gasteiger partial charge < -0.3 is 0 Å². The van der Waals surface area contributed by atoms with Crippen LogP contribution in [0.25, 0.3) is 33.5 Å². The first-order valence-corrected chi connectivity index (χ1v) is 11.9. The molecule has 1 amide bonds. The van der Waals surface area contributed by atoms with Crippen LogP contribution in [0, 0.1) is 0 Å². The molecule has 11 heteroatoms. The fourth-order valence-corrected chi connectivity index (χ4v) is 4.43. The van der Waals surface area contributed by atoms with Crippen LogP contribution in [-0.4, -0.2) is 35.9 Å².